The molecule has 7 heteroatoms. The number of nitrogens with one attached hydrogen (secondary N) is 1. The van der Waals surface area contributed by atoms with Gasteiger partial charge in [-0.25, -0.2) is 9.18 Å². The highest BCUT2D eigenvalue weighted by Crippen LogP contribution is 2.35. The summed E-state index contributed by atoms with van der Waals surface area (Å²) in [6, 6.07) is 7.85. The number of carbonyl (C=O) groups excluding carboxylic acids is 1. The molecule has 0 saturated carbocycles. The van der Waals surface area contributed by atoms with E-state index in [0.717, 1.165) is 5.56 Å². The van der Waals surface area contributed by atoms with Crippen LogP contribution >= 0.6 is 0 Å². The summed E-state index contributed by atoms with van der Waals surface area (Å²) in [4.78, 5) is 11.3. The zero-order valence-electron chi connectivity index (χ0n) is 11.9. The van der Waals surface area contributed by atoms with Crippen molar-refractivity contribution in [1.29, 1.82) is 0 Å². The highest BCUT2D eigenvalue weighted by molar-refractivity contribution is 5.86. The molecule has 0 aliphatic carbocycles. The Morgan fingerprint density at radius 1 is 1.36 bits per heavy atom. The lowest BCUT2D eigenvalue weighted by molar-refractivity contribution is 0.0593. The number of benzene rings is 1. The summed E-state index contributed by atoms with van der Waals surface area (Å²) in [6.07, 6.45) is 0.677. The summed E-state index contributed by atoms with van der Waals surface area (Å²) in [5.41, 5.74) is 0.872. The summed E-state index contributed by atoms with van der Waals surface area (Å²) in [7, 11) is 1.28. The number of esters is 1. The molecule has 2 aromatic rings. The van der Waals surface area contributed by atoms with E-state index >= 15 is 0 Å². The Labute approximate surface area is 126 Å². The van der Waals surface area contributed by atoms with Crippen LogP contribution in [0.25, 0.3) is 0 Å². The number of aromatic nitrogens is 2. The van der Waals surface area contributed by atoms with Gasteiger partial charge in [0, 0.05) is 12.0 Å². The number of ether oxygens (including phenoxy) is 2. The molecule has 1 atom stereocenters. The van der Waals surface area contributed by atoms with E-state index in [0.29, 0.717) is 18.8 Å². The van der Waals surface area contributed by atoms with Crippen LogP contribution in [-0.2, 0) is 4.74 Å². The predicted octanol–water partition coefficient (Wildman–Crippen LogP) is 2.34. The lowest BCUT2D eigenvalue weighted by Crippen LogP contribution is -2.22. The van der Waals surface area contributed by atoms with Crippen LogP contribution in [0.3, 0.4) is 0 Å². The monoisotopic (exact) mass is 303 g/mol. The van der Waals surface area contributed by atoms with E-state index in [1.807, 2.05) is 6.07 Å². The van der Waals surface area contributed by atoms with Crippen LogP contribution < -0.4 is 10.1 Å². The Hall–Kier alpha value is -2.70. The van der Waals surface area contributed by atoms with Gasteiger partial charge in [0.15, 0.2) is 17.3 Å². The number of carbonyl (C=O) groups is 1. The molecule has 6 nitrogen and oxygen atoms in total. The van der Waals surface area contributed by atoms with Gasteiger partial charge in [0.05, 0.1) is 19.8 Å². The third-order valence-electron chi connectivity index (χ3n) is 3.41. The first-order valence-electron chi connectivity index (χ1n) is 6.79. The van der Waals surface area contributed by atoms with Crippen molar-refractivity contribution in [2.24, 2.45) is 0 Å². The van der Waals surface area contributed by atoms with E-state index in [1.54, 1.807) is 12.1 Å². The Morgan fingerprint density at radius 2 is 2.23 bits per heavy atom. The molecule has 0 saturated heterocycles. The predicted molar refractivity (Wildman–Crippen MR) is 76.2 cm³/mol. The van der Waals surface area contributed by atoms with Crippen LogP contribution in [-0.4, -0.2) is 29.9 Å². The van der Waals surface area contributed by atoms with Crippen LogP contribution in [0, 0.1) is 5.82 Å². The van der Waals surface area contributed by atoms with Gasteiger partial charge in [-0.05, 0) is 18.2 Å². The molecule has 1 aromatic heterocycles. The van der Waals surface area contributed by atoms with E-state index < -0.39 is 5.97 Å². The molecule has 1 aromatic carbocycles. The average Bonchev–Trinajstić information content (AvgIpc) is 2.56. The zero-order chi connectivity index (χ0) is 15.5. The van der Waals surface area contributed by atoms with Crippen LogP contribution in [0.4, 0.5) is 10.2 Å². The lowest BCUT2D eigenvalue weighted by atomic mass is 10.0. The van der Waals surface area contributed by atoms with Gasteiger partial charge in [-0.2, -0.15) is 0 Å². The van der Waals surface area contributed by atoms with Gasteiger partial charge >= 0.3 is 5.97 Å². The number of hydrogen-bond acceptors (Lipinski definition) is 6. The van der Waals surface area contributed by atoms with Gasteiger partial charge in [0.2, 0.25) is 0 Å². The molecular formula is C15H14FN3O3. The molecule has 1 aliphatic heterocycles. The highest BCUT2D eigenvalue weighted by atomic mass is 19.1. The first-order valence-corrected chi connectivity index (χ1v) is 6.79. The van der Waals surface area contributed by atoms with Gasteiger partial charge in [0.25, 0.3) is 0 Å². The van der Waals surface area contributed by atoms with Crippen LogP contribution in [0.2, 0.25) is 0 Å². The second kappa shape index (κ2) is 5.97. The third-order valence-corrected chi connectivity index (χ3v) is 3.41. The van der Waals surface area contributed by atoms with Crippen molar-refractivity contribution in [3.8, 4) is 5.75 Å². The Kier molecular flexibility index (Phi) is 3.86. The van der Waals surface area contributed by atoms with Crippen LogP contribution in [0.5, 0.6) is 5.75 Å². The third kappa shape index (κ3) is 2.69. The Bertz CT molecular complexity index is 691. The van der Waals surface area contributed by atoms with Crippen molar-refractivity contribution in [1.82, 2.24) is 10.2 Å². The van der Waals surface area contributed by atoms with E-state index in [1.165, 1.54) is 19.2 Å². The zero-order valence-corrected chi connectivity index (χ0v) is 11.9. The molecule has 0 amide bonds. The second-order valence-electron chi connectivity index (χ2n) is 4.79. The minimum absolute atomic E-state index is 0.127. The minimum atomic E-state index is -0.544. The van der Waals surface area contributed by atoms with E-state index in [2.05, 4.69) is 20.3 Å². The summed E-state index contributed by atoms with van der Waals surface area (Å²) < 4.78 is 23.7. The molecule has 0 unspecified atom stereocenters. The molecular weight excluding hydrogens is 289 g/mol. The molecule has 2 heterocycles. The Morgan fingerprint density at radius 3 is 2.95 bits per heavy atom. The summed E-state index contributed by atoms with van der Waals surface area (Å²) in [5.74, 6) is -0.159. The summed E-state index contributed by atoms with van der Waals surface area (Å²) in [5, 5.41) is 10.9. The molecule has 114 valence electrons. The topological polar surface area (TPSA) is 73.3 Å². The number of nitrogens with zero attached hydrogens (tertiary/aromatic N) is 2. The van der Waals surface area contributed by atoms with Crippen molar-refractivity contribution in [2.75, 3.05) is 19.0 Å². The quantitative estimate of drug-likeness (QED) is 0.877. The van der Waals surface area contributed by atoms with E-state index in [-0.39, 0.29) is 23.3 Å². The maximum absolute atomic E-state index is 13.7. The first kappa shape index (κ1) is 14.2. The first-order chi connectivity index (χ1) is 10.7. The van der Waals surface area contributed by atoms with Crippen molar-refractivity contribution < 1.29 is 18.7 Å². The number of hydrogen-bond donors (Lipinski definition) is 1. The molecule has 0 radical (unpaired) electrons. The molecule has 1 N–H and O–H groups in total. The molecule has 0 spiro atoms. The Balaban J connectivity index is 1.80. The van der Waals surface area contributed by atoms with Gasteiger partial charge in [-0.15, -0.1) is 10.2 Å². The molecule has 22 heavy (non-hydrogen) atoms. The average molecular weight is 303 g/mol. The maximum atomic E-state index is 13.7. The number of fused-ring (bicyclic) bond motifs is 1. The van der Waals surface area contributed by atoms with Gasteiger partial charge in [-0.3, -0.25) is 0 Å². The van der Waals surface area contributed by atoms with Gasteiger partial charge in [0.1, 0.15) is 5.82 Å². The fourth-order valence-corrected chi connectivity index (χ4v) is 2.34. The molecule has 0 bridgehead atoms. The number of rotatable bonds is 3. The fraction of sp³-hybridized carbons (Fsp3) is 0.267. The molecule has 0 fully saturated rings. The van der Waals surface area contributed by atoms with Crippen molar-refractivity contribution in [3.05, 3.63) is 47.4 Å². The number of halogens is 1. The van der Waals surface area contributed by atoms with Crippen molar-refractivity contribution >= 4 is 11.8 Å². The highest BCUT2D eigenvalue weighted by Gasteiger charge is 2.24. The second-order valence-corrected chi connectivity index (χ2v) is 4.79. The smallest absolute Gasteiger partial charge is 0.358 e. The summed E-state index contributed by atoms with van der Waals surface area (Å²) in [6.45, 7) is 0.416. The van der Waals surface area contributed by atoms with E-state index in [4.69, 9.17) is 4.74 Å². The van der Waals surface area contributed by atoms with Gasteiger partial charge in [-0.1, -0.05) is 12.1 Å². The van der Waals surface area contributed by atoms with E-state index in [9.17, 15) is 9.18 Å². The number of methoxy groups -OCH3 is 1. The molecule has 1 aliphatic rings. The number of anilines is 1. The summed E-state index contributed by atoms with van der Waals surface area (Å²) >= 11 is 0. The van der Waals surface area contributed by atoms with Crippen LogP contribution in [0.1, 0.15) is 28.5 Å². The van der Waals surface area contributed by atoms with Crippen molar-refractivity contribution in [2.45, 2.75) is 12.5 Å². The lowest BCUT2D eigenvalue weighted by Gasteiger charge is -2.27. The van der Waals surface area contributed by atoms with Crippen molar-refractivity contribution in [3.63, 3.8) is 0 Å². The maximum Gasteiger partial charge on any atom is 0.358 e. The van der Waals surface area contributed by atoms with Gasteiger partial charge < -0.3 is 14.8 Å². The number of para-hydroxylation sites is 1. The SMILES string of the molecule is COC(=O)c1ccc(N[C@H]2CCOc3c(F)cccc32)nn1. The standard InChI is InChI=1S/C15H14FN3O3/c1-21-15(20)12-5-6-13(19-18-12)17-11-7-8-22-14-9(11)3-2-4-10(14)16/h2-6,11H,7-8H2,1H3,(H,17,19)/t11-/m0/s1. The van der Waals surface area contributed by atoms with Crippen LogP contribution in [0.15, 0.2) is 30.3 Å². The largest absolute Gasteiger partial charge is 0.490 e. The fourth-order valence-electron chi connectivity index (χ4n) is 2.34. The minimum Gasteiger partial charge on any atom is -0.490 e. The molecule has 3 rings (SSSR count). The normalized spacial score (nSPS) is 16.4.